The quantitative estimate of drug-likeness (QED) is 0.857. The molecule has 0 aromatic heterocycles. The summed E-state index contributed by atoms with van der Waals surface area (Å²) in [5, 5.41) is -0.0190. The molecular formula is C14H12ClFN2O. The van der Waals surface area contributed by atoms with E-state index >= 15 is 0 Å². The summed E-state index contributed by atoms with van der Waals surface area (Å²) in [6.45, 7) is 0. The number of benzene rings is 2. The molecule has 3 nitrogen and oxygen atoms in total. The molecule has 5 heteroatoms. The lowest BCUT2D eigenvalue weighted by atomic mass is 10.1. The van der Waals surface area contributed by atoms with Crippen LogP contribution in [0.5, 0.6) is 0 Å². The van der Waals surface area contributed by atoms with Gasteiger partial charge in [-0.2, -0.15) is 0 Å². The molecule has 0 aliphatic carbocycles. The molecule has 0 fully saturated rings. The van der Waals surface area contributed by atoms with E-state index in [1.165, 1.54) is 23.1 Å². The summed E-state index contributed by atoms with van der Waals surface area (Å²) in [5.74, 6) is -0.735. The van der Waals surface area contributed by atoms with Crippen molar-refractivity contribution in [1.29, 1.82) is 0 Å². The number of nitrogens with zero attached hydrogens (tertiary/aromatic N) is 1. The van der Waals surface area contributed by atoms with Gasteiger partial charge >= 0.3 is 0 Å². The van der Waals surface area contributed by atoms with Crippen LogP contribution in [0.4, 0.5) is 15.8 Å². The Morgan fingerprint density at radius 1 is 1.21 bits per heavy atom. The van der Waals surface area contributed by atoms with Crippen molar-refractivity contribution < 1.29 is 9.18 Å². The van der Waals surface area contributed by atoms with Crippen molar-refractivity contribution in [1.82, 2.24) is 0 Å². The van der Waals surface area contributed by atoms with E-state index in [9.17, 15) is 9.18 Å². The molecule has 0 unspecified atom stereocenters. The maximum absolute atomic E-state index is 13.1. The number of rotatable bonds is 2. The third kappa shape index (κ3) is 2.85. The summed E-state index contributed by atoms with van der Waals surface area (Å²) >= 11 is 5.70. The van der Waals surface area contributed by atoms with Crippen molar-refractivity contribution in [3.8, 4) is 0 Å². The number of hydrogen-bond donors (Lipinski definition) is 1. The Kier molecular flexibility index (Phi) is 3.71. The van der Waals surface area contributed by atoms with Crippen molar-refractivity contribution in [3.05, 3.63) is 58.9 Å². The summed E-state index contributed by atoms with van der Waals surface area (Å²) < 4.78 is 13.1. The van der Waals surface area contributed by atoms with Gasteiger partial charge in [-0.3, -0.25) is 4.79 Å². The first kappa shape index (κ1) is 13.4. The van der Waals surface area contributed by atoms with E-state index in [4.69, 9.17) is 17.3 Å². The SMILES string of the molecule is CN(C(=O)c1ccc(N)cc1)c1ccc(F)c(Cl)c1. The van der Waals surface area contributed by atoms with Crippen molar-refractivity contribution >= 4 is 28.9 Å². The minimum Gasteiger partial charge on any atom is -0.399 e. The number of amides is 1. The summed E-state index contributed by atoms with van der Waals surface area (Å²) in [4.78, 5) is 13.6. The fourth-order valence-electron chi connectivity index (χ4n) is 1.63. The number of nitrogens with two attached hydrogens (primary N) is 1. The molecule has 0 aliphatic rings. The van der Waals surface area contributed by atoms with Crippen LogP contribution in [0.2, 0.25) is 5.02 Å². The highest BCUT2D eigenvalue weighted by Crippen LogP contribution is 2.23. The van der Waals surface area contributed by atoms with Gasteiger partial charge in [0.05, 0.1) is 5.02 Å². The first-order chi connectivity index (χ1) is 8.99. The van der Waals surface area contributed by atoms with Crippen molar-refractivity contribution in [2.24, 2.45) is 0 Å². The second-order valence-corrected chi connectivity index (χ2v) is 4.49. The van der Waals surface area contributed by atoms with Gasteiger partial charge < -0.3 is 10.6 Å². The zero-order valence-electron chi connectivity index (χ0n) is 10.2. The largest absolute Gasteiger partial charge is 0.399 e. The van der Waals surface area contributed by atoms with E-state index < -0.39 is 5.82 Å². The van der Waals surface area contributed by atoms with Gasteiger partial charge in [0.25, 0.3) is 5.91 Å². The fourth-order valence-corrected chi connectivity index (χ4v) is 1.81. The summed E-state index contributed by atoms with van der Waals surface area (Å²) in [5.41, 5.74) is 7.17. The molecule has 2 N–H and O–H groups in total. The number of carbonyl (C=O) groups is 1. The van der Waals surface area contributed by atoms with E-state index in [1.54, 1.807) is 31.3 Å². The van der Waals surface area contributed by atoms with Gasteiger partial charge in [-0.05, 0) is 42.5 Å². The molecule has 0 bridgehead atoms. The van der Waals surface area contributed by atoms with Crippen LogP contribution in [0, 0.1) is 5.82 Å². The van der Waals surface area contributed by atoms with Crippen LogP contribution in [0.3, 0.4) is 0 Å². The Bertz CT molecular complexity index is 613. The van der Waals surface area contributed by atoms with Crippen LogP contribution in [-0.2, 0) is 0 Å². The number of hydrogen-bond acceptors (Lipinski definition) is 2. The van der Waals surface area contributed by atoms with Crippen LogP contribution in [0.25, 0.3) is 0 Å². The predicted octanol–water partition coefficient (Wildman–Crippen LogP) is 3.34. The average Bonchev–Trinajstić information content (AvgIpc) is 2.41. The second-order valence-electron chi connectivity index (χ2n) is 4.08. The lowest BCUT2D eigenvalue weighted by Gasteiger charge is -2.17. The minimum absolute atomic E-state index is 0.0190. The number of carbonyl (C=O) groups excluding carboxylic acids is 1. The first-order valence-corrected chi connectivity index (χ1v) is 5.95. The summed E-state index contributed by atoms with van der Waals surface area (Å²) in [6, 6.07) is 10.7. The van der Waals surface area contributed by atoms with Crippen LogP contribution >= 0.6 is 11.6 Å². The third-order valence-corrected chi connectivity index (χ3v) is 3.04. The second kappa shape index (κ2) is 5.28. The highest BCUT2D eigenvalue weighted by Gasteiger charge is 2.14. The molecular weight excluding hydrogens is 267 g/mol. The normalized spacial score (nSPS) is 10.3. The lowest BCUT2D eigenvalue weighted by Crippen LogP contribution is -2.26. The zero-order valence-corrected chi connectivity index (χ0v) is 11.0. The highest BCUT2D eigenvalue weighted by molar-refractivity contribution is 6.31. The van der Waals surface area contributed by atoms with Gasteiger partial charge in [0.1, 0.15) is 5.82 Å². The summed E-state index contributed by atoms with van der Waals surface area (Å²) in [6.07, 6.45) is 0. The first-order valence-electron chi connectivity index (χ1n) is 5.57. The van der Waals surface area contributed by atoms with Crippen molar-refractivity contribution in [3.63, 3.8) is 0 Å². The monoisotopic (exact) mass is 278 g/mol. The van der Waals surface area contributed by atoms with Gasteiger partial charge in [-0.15, -0.1) is 0 Å². The van der Waals surface area contributed by atoms with Crippen LogP contribution in [-0.4, -0.2) is 13.0 Å². The van der Waals surface area contributed by atoms with Gasteiger partial charge in [0, 0.05) is 24.0 Å². The maximum Gasteiger partial charge on any atom is 0.258 e. The van der Waals surface area contributed by atoms with Crippen molar-refractivity contribution in [2.75, 3.05) is 17.7 Å². The smallest absolute Gasteiger partial charge is 0.258 e. The van der Waals surface area contributed by atoms with Gasteiger partial charge in [0.15, 0.2) is 0 Å². The number of nitrogen functional groups attached to an aromatic ring is 1. The molecule has 0 spiro atoms. The Labute approximate surface area is 115 Å². The van der Waals surface area contributed by atoms with E-state index in [-0.39, 0.29) is 10.9 Å². The predicted molar refractivity (Wildman–Crippen MR) is 75.0 cm³/mol. The number of halogens is 2. The molecule has 0 aliphatic heterocycles. The molecule has 0 saturated heterocycles. The van der Waals surface area contributed by atoms with Crippen molar-refractivity contribution in [2.45, 2.75) is 0 Å². The van der Waals surface area contributed by atoms with E-state index in [0.717, 1.165) is 0 Å². The summed E-state index contributed by atoms with van der Waals surface area (Å²) in [7, 11) is 1.60. The Morgan fingerprint density at radius 2 is 1.84 bits per heavy atom. The maximum atomic E-state index is 13.1. The van der Waals surface area contributed by atoms with E-state index in [0.29, 0.717) is 16.9 Å². The molecule has 0 atom stereocenters. The van der Waals surface area contributed by atoms with Gasteiger partial charge in [0.2, 0.25) is 0 Å². The van der Waals surface area contributed by atoms with Gasteiger partial charge in [-0.25, -0.2) is 4.39 Å². The standard InChI is InChI=1S/C14H12ClFN2O/c1-18(11-6-7-13(16)12(15)8-11)14(19)9-2-4-10(17)5-3-9/h2-8H,17H2,1H3. The minimum atomic E-state index is -0.515. The van der Waals surface area contributed by atoms with Crippen LogP contribution in [0.15, 0.2) is 42.5 Å². The van der Waals surface area contributed by atoms with E-state index in [1.807, 2.05) is 0 Å². The molecule has 1 amide bonds. The topological polar surface area (TPSA) is 46.3 Å². The molecule has 19 heavy (non-hydrogen) atoms. The van der Waals surface area contributed by atoms with Crippen LogP contribution in [0.1, 0.15) is 10.4 Å². The highest BCUT2D eigenvalue weighted by atomic mass is 35.5. The number of anilines is 2. The molecule has 0 saturated carbocycles. The third-order valence-electron chi connectivity index (χ3n) is 2.75. The Morgan fingerprint density at radius 3 is 2.42 bits per heavy atom. The Balaban J connectivity index is 2.28. The zero-order chi connectivity index (χ0) is 14.0. The molecule has 0 radical (unpaired) electrons. The lowest BCUT2D eigenvalue weighted by molar-refractivity contribution is 0.0993. The fraction of sp³-hybridized carbons (Fsp3) is 0.0714. The van der Waals surface area contributed by atoms with Crippen LogP contribution < -0.4 is 10.6 Å². The van der Waals surface area contributed by atoms with Gasteiger partial charge in [-0.1, -0.05) is 11.6 Å². The van der Waals surface area contributed by atoms with E-state index in [2.05, 4.69) is 0 Å². The molecule has 2 aromatic rings. The Hall–Kier alpha value is -2.07. The average molecular weight is 279 g/mol. The molecule has 2 aromatic carbocycles. The molecule has 98 valence electrons. The molecule has 0 heterocycles. The molecule has 2 rings (SSSR count).